The van der Waals surface area contributed by atoms with E-state index >= 15 is 0 Å². The van der Waals surface area contributed by atoms with Crippen LogP contribution in [-0.2, 0) is 0 Å². The molecular weight excluding hydrogens is 226 g/mol. The maximum atomic E-state index is 7.87. The van der Waals surface area contributed by atoms with Crippen LogP contribution < -0.4 is 4.90 Å². The minimum atomic E-state index is 0.337. The van der Waals surface area contributed by atoms with Crippen LogP contribution in [0.5, 0.6) is 0 Å². The van der Waals surface area contributed by atoms with Gasteiger partial charge in [-0.1, -0.05) is 0 Å². The monoisotopic (exact) mass is 243 g/mol. The fourth-order valence-electron chi connectivity index (χ4n) is 1.74. The lowest BCUT2D eigenvalue weighted by Crippen LogP contribution is -2.23. The number of nitrogens with one attached hydrogen (secondary N) is 1. The van der Waals surface area contributed by atoms with Crippen LogP contribution in [0, 0.1) is 5.41 Å². The molecule has 0 saturated carbocycles. The van der Waals surface area contributed by atoms with Crippen LogP contribution in [-0.4, -0.2) is 43.4 Å². The van der Waals surface area contributed by atoms with Gasteiger partial charge < -0.3 is 4.90 Å². The molecule has 0 fully saturated rings. The standard InChI is InChI=1S/C13H17N5/c1-9-12(13(14)18(4)16-9)15-10-5-7-11(8-6-10)17(2)3/h5-8,14H,1-4H3. The normalized spacial score (nSPS) is 17.3. The summed E-state index contributed by atoms with van der Waals surface area (Å²) in [6, 6.07) is 7.91. The summed E-state index contributed by atoms with van der Waals surface area (Å²) in [6.45, 7) is 1.87. The van der Waals surface area contributed by atoms with Gasteiger partial charge in [0.2, 0.25) is 0 Å². The second-order valence-electron chi connectivity index (χ2n) is 4.43. The van der Waals surface area contributed by atoms with Crippen molar-refractivity contribution in [3.05, 3.63) is 24.3 Å². The second-order valence-corrected chi connectivity index (χ2v) is 4.43. The molecule has 0 spiro atoms. The van der Waals surface area contributed by atoms with Crippen molar-refractivity contribution in [3.63, 3.8) is 0 Å². The Morgan fingerprint density at radius 3 is 2.28 bits per heavy atom. The Kier molecular flexibility index (Phi) is 3.14. The molecule has 1 aliphatic heterocycles. The molecular formula is C13H17N5. The Bertz CT molecular complexity index is 525. The van der Waals surface area contributed by atoms with Crippen LogP contribution in [0.3, 0.4) is 0 Å². The third kappa shape index (κ3) is 2.25. The minimum absolute atomic E-state index is 0.337. The topological polar surface area (TPSA) is 55.1 Å². The Morgan fingerprint density at radius 1 is 1.22 bits per heavy atom. The first kappa shape index (κ1) is 12.3. The summed E-state index contributed by atoms with van der Waals surface area (Å²) in [5.41, 5.74) is 3.38. The average molecular weight is 243 g/mol. The number of amidine groups is 1. The van der Waals surface area contributed by atoms with Gasteiger partial charge in [-0.25, -0.2) is 10.0 Å². The summed E-state index contributed by atoms with van der Waals surface area (Å²) in [5.74, 6) is 0.337. The number of nitrogens with zero attached hydrogens (tertiary/aromatic N) is 4. The van der Waals surface area contributed by atoms with Crippen LogP contribution in [0.15, 0.2) is 34.4 Å². The number of aliphatic imine (C=N–C) groups is 1. The minimum Gasteiger partial charge on any atom is -0.378 e. The fraction of sp³-hybridized carbons (Fsp3) is 0.308. The third-order valence-electron chi connectivity index (χ3n) is 2.80. The van der Waals surface area contributed by atoms with Crippen molar-refractivity contribution in [1.82, 2.24) is 5.01 Å². The van der Waals surface area contributed by atoms with E-state index in [0.29, 0.717) is 11.5 Å². The van der Waals surface area contributed by atoms with Crippen molar-refractivity contribution in [2.75, 3.05) is 26.0 Å². The predicted molar refractivity (Wildman–Crippen MR) is 76.5 cm³/mol. The van der Waals surface area contributed by atoms with Crippen LogP contribution in [0.25, 0.3) is 0 Å². The van der Waals surface area contributed by atoms with Crippen LogP contribution in [0.4, 0.5) is 11.4 Å². The quantitative estimate of drug-likeness (QED) is 0.865. The lowest BCUT2D eigenvalue weighted by atomic mass is 10.2. The number of hydrogen-bond acceptors (Lipinski definition) is 4. The lowest BCUT2D eigenvalue weighted by Gasteiger charge is -2.11. The molecule has 18 heavy (non-hydrogen) atoms. The summed E-state index contributed by atoms with van der Waals surface area (Å²) in [5, 5.41) is 13.6. The summed E-state index contributed by atoms with van der Waals surface area (Å²) in [7, 11) is 5.75. The van der Waals surface area contributed by atoms with Gasteiger partial charge in [-0.15, -0.1) is 0 Å². The van der Waals surface area contributed by atoms with E-state index in [1.54, 1.807) is 7.05 Å². The van der Waals surface area contributed by atoms with Crippen molar-refractivity contribution in [2.45, 2.75) is 6.92 Å². The highest BCUT2D eigenvalue weighted by molar-refractivity contribution is 6.69. The van der Waals surface area contributed by atoms with Gasteiger partial charge in [0.15, 0.2) is 5.84 Å². The number of hydrogen-bond donors (Lipinski definition) is 1. The molecule has 1 N–H and O–H groups in total. The first-order valence-corrected chi connectivity index (χ1v) is 5.73. The van der Waals surface area contributed by atoms with E-state index in [0.717, 1.165) is 17.1 Å². The number of benzene rings is 1. The van der Waals surface area contributed by atoms with Gasteiger partial charge in [0.1, 0.15) is 5.71 Å². The number of anilines is 1. The van der Waals surface area contributed by atoms with E-state index in [2.05, 4.69) is 10.1 Å². The zero-order chi connectivity index (χ0) is 13.3. The van der Waals surface area contributed by atoms with Gasteiger partial charge in [0.05, 0.1) is 11.4 Å². The maximum absolute atomic E-state index is 7.87. The zero-order valence-corrected chi connectivity index (χ0v) is 11.1. The molecule has 1 aliphatic rings. The first-order valence-electron chi connectivity index (χ1n) is 5.73. The van der Waals surface area contributed by atoms with E-state index in [1.807, 2.05) is 50.2 Å². The van der Waals surface area contributed by atoms with Crippen molar-refractivity contribution in [1.29, 1.82) is 5.41 Å². The van der Waals surface area contributed by atoms with Gasteiger partial charge in [-0.2, -0.15) is 5.10 Å². The predicted octanol–water partition coefficient (Wildman–Crippen LogP) is 2.12. The molecule has 0 aromatic heterocycles. The summed E-state index contributed by atoms with van der Waals surface area (Å²) in [4.78, 5) is 6.51. The molecule has 1 heterocycles. The number of rotatable bonds is 2. The number of hydrazone groups is 1. The van der Waals surface area contributed by atoms with Gasteiger partial charge in [0, 0.05) is 26.8 Å². The molecule has 2 rings (SSSR count). The Labute approximate surface area is 107 Å². The van der Waals surface area contributed by atoms with E-state index < -0.39 is 0 Å². The Balaban J connectivity index is 2.29. The highest BCUT2D eigenvalue weighted by Crippen LogP contribution is 2.19. The molecule has 0 atom stereocenters. The highest BCUT2D eigenvalue weighted by Gasteiger charge is 2.22. The van der Waals surface area contributed by atoms with E-state index in [9.17, 15) is 0 Å². The molecule has 0 aliphatic carbocycles. The molecule has 1 aromatic rings. The zero-order valence-electron chi connectivity index (χ0n) is 11.1. The van der Waals surface area contributed by atoms with Crippen molar-refractivity contribution >= 4 is 28.6 Å². The van der Waals surface area contributed by atoms with Gasteiger partial charge in [-0.3, -0.25) is 5.41 Å². The molecule has 94 valence electrons. The van der Waals surface area contributed by atoms with Crippen molar-refractivity contribution in [3.8, 4) is 0 Å². The second kappa shape index (κ2) is 4.60. The largest absolute Gasteiger partial charge is 0.378 e. The van der Waals surface area contributed by atoms with E-state index in [1.165, 1.54) is 5.01 Å². The molecule has 0 radical (unpaired) electrons. The van der Waals surface area contributed by atoms with E-state index in [4.69, 9.17) is 5.41 Å². The summed E-state index contributed by atoms with van der Waals surface area (Å²) < 4.78 is 0. The SMILES string of the molecule is CC1=NN(C)C(=N)C1=Nc1ccc(N(C)C)cc1. The van der Waals surface area contributed by atoms with Crippen LogP contribution >= 0.6 is 0 Å². The first-order chi connectivity index (χ1) is 8.49. The van der Waals surface area contributed by atoms with Crippen LogP contribution in [0.1, 0.15) is 6.92 Å². The molecule has 0 unspecified atom stereocenters. The summed E-state index contributed by atoms with van der Waals surface area (Å²) in [6.07, 6.45) is 0. The smallest absolute Gasteiger partial charge is 0.169 e. The van der Waals surface area contributed by atoms with Gasteiger partial charge in [-0.05, 0) is 31.2 Å². The fourth-order valence-corrected chi connectivity index (χ4v) is 1.74. The molecule has 1 aromatic carbocycles. The van der Waals surface area contributed by atoms with E-state index in [-0.39, 0.29) is 0 Å². The molecule has 5 heteroatoms. The van der Waals surface area contributed by atoms with Gasteiger partial charge in [0.25, 0.3) is 0 Å². The average Bonchev–Trinajstić information content (AvgIpc) is 2.57. The van der Waals surface area contributed by atoms with Crippen LogP contribution in [0.2, 0.25) is 0 Å². The Morgan fingerprint density at radius 2 is 1.83 bits per heavy atom. The van der Waals surface area contributed by atoms with Crippen molar-refractivity contribution < 1.29 is 0 Å². The molecule has 5 nitrogen and oxygen atoms in total. The highest BCUT2D eigenvalue weighted by atomic mass is 15.5. The lowest BCUT2D eigenvalue weighted by molar-refractivity contribution is 0.557. The molecule has 0 bridgehead atoms. The maximum Gasteiger partial charge on any atom is 0.169 e. The van der Waals surface area contributed by atoms with Crippen molar-refractivity contribution in [2.24, 2.45) is 10.1 Å². The summed E-state index contributed by atoms with van der Waals surface area (Å²) >= 11 is 0. The third-order valence-corrected chi connectivity index (χ3v) is 2.80. The van der Waals surface area contributed by atoms with Gasteiger partial charge >= 0.3 is 0 Å². The Hall–Kier alpha value is -2.17. The molecule has 0 amide bonds. The molecule has 0 saturated heterocycles.